The van der Waals surface area contributed by atoms with Gasteiger partial charge in [-0.25, -0.2) is 4.79 Å². The zero-order valence-electron chi connectivity index (χ0n) is 14.5. The van der Waals surface area contributed by atoms with Gasteiger partial charge in [0.25, 0.3) is 0 Å². The van der Waals surface area contributed by atoms with Gasteiger partial charge in [0.1, 0.15) is 5.60 Å². The minimum absolute atomic E-state index is 0.133. The van der Waals surface area contributed by atoms with Gasteiger partial charge in [-0.3, -0.25) is 9.69 Å². The molecule has 2 rings (SSSR count). The van der Waals surface area contributed by atoms with Crippen LogP contribution in [0.4, 0.5) is 4.79 Å². The van der Waals surface area contributed by atoms with Crippen molar-refractivity contribution in [2.75, 3.05) is 32.7 Å². The molecule has 1 saturated heterocycles. The molecule has 1 aromatic carbocycles. The zero-order valence-corrected chi connectivity index (χ0v) is 14.5. The average Bonchev–Trinajstić information content (AvgIpc) is 2.46. The van der Waals surface area contributed by atoms with Crippen molar-refractivity contribution in [3.8, 4) is 0 Å². The van der Waals surface area contributed by atoms with Crippen LogP contribution in [0.1, 0.15) is 36.7 Å². The zero-order chi connectivity index (χ0) is 17.0. The van der Waals surface area contributed by atoms with E-state index in [2.05, 4.69) is 4.90 Å². The van der Waals surface area contributed by atoms with E-state index in [1.807, 2.05) is 52.0 Å². The van der Waals surface area contributed by atoms with Crippen LogP contribution < -0.4 is 0 Å². The van der Waals surface area contributed by atoms with Gasteiger partial charge in [-0.1, -0.05) is 24.3 Å². The molecular weight excluding hydrogens is 292 g/mol. The maximum atomic E-state index is 12.4. The molecule has 1 heterocycles. The van der Waals surface area contributed by atoms with Gasteiger partial charge in [0.2, 0.25) is 0 Å². The van der Waals surface area contributed by atoms with E-state index < -0.39 is 5.60 Å². The van der Waals surface area contributed by atoms with E-state index in [1.165, 1.54) is 0 Å². The molecule has 1 aromatic rings. The van der Waals surface area contributed by atoms with Crippen LogP contribution in [0.15, 0.2) is 24.3 Å². The van der Waals surface area contributed by atoms with Gasteiger partial charge >= 0.3 is 6.09 Å². The van der Waals surface area contributed by atoms with Crippen molar-refractivity contribution >= 4 is 11.9 Å². The van der Waals surface area contributed by atoms with Crippen LogP contribution in [0, 0.1) is 6.92 Å². The third-order valence-corrected chi connectivity index (χ3v) is 3.84. The van der Waals surface area contributed by atoms with E-state index in [9.17, 15) is 9.59 Å². The lowest BCUT2D eigenvalue weighted by Crippen LogP contribution is -2.51. The number of ether oxygens (including phenoxy) is 1. The van der Waals surface area contributed by atoms with Crippen LogP contribution in [0.2, 0.25) is 0 Å². The molecule has 1 aliphatic heterocycles. The van der Waals surface area contributed by atoms with Crippen molar-refractivity contribution in [2.24, 2.45) is 0 Å². The number of Topliss-reactive ketones (excluding diaryl/α,β-unsaturated/α-hetero) is 1. The number of ketones is 1. The molecule has 0 bridgehead atoms. The van der Waals surface area contributed by atoms with Crippen LogP contribution in [0.5, 0.6) is 0 Å². The first-order valence-electron chi connectivity index (χ1n) is 8.05. The minimum Gasteiger partial charge on any atom is -0.444 e. The highest BCUT2D eigenvalue weighted by molar-refractivity contribution is 5.98. The molecule has 5 nitrogen and oxygen atoms in total. The predicted octanol–water partition coefficient (Wildman–Crippen LogP) is 2.73. The molecule has 0 saturated carbocycles. The monoisotopic (exact) mass is 318 g/mol. The summed E-state index contributed by atoms with van der Waals surface area (Å²) in [6.07, 6.45) is -0.276. The van der Waals surface area contributed by atoms with Crippen molar-refractivity contribution in [1.29, 1.82) is 0 Å². The van der Waals surface area contributed by atoms with E-state index in [4.69, 9.17) is 4.74 Å². The molecule has 5 heteroatoms. The summed E-state index contributed by atoms with van der Waals surface area (Å²) in [6, 6.07) is 7.65. The number of amides is 1. The maximum Gasteiger partial charge on any atom is 0.410 e. The molecule has 0 N–H and O–H groups in total. The Labute approximate surface area is 138 Å². The van der Waals surface area contributed by atoms with Gasteiger partial charge in [-0.05, 0) is 33.3 Å². The smallest absolute Gasteiger partial charge is 0.410 e. The highest BCUT2D eigenvalue weighted by atomic mass is 16.6. The minimum atomic E-state index is -0.477. The summed E-state index contributed by atoms with van der Waals surface area (Å²) >= 11 is 0. The average molecular weight is 318 g/mol. The van der Waals surface area contributed by atoms with Crippen LogP contribution >= 0.6 is 0 Å². The molecule has 0 aliphatic carbocycles. The summed E-state index contributed by atoms with van der Waals surface area (Å²) in [5.41, 5.74) is 1.31. The van der Waals surface area contributed by atoms with Crippen molar-refractivity contribution in [2.45, 2.75) is 33.3 Å². The molecule has 23 heavy (non-hydrogen) atoms. The lowest BCUT2D eigenvalue weighted by Gasteiger charge is -2.35. The van der Waals surface area contributed by atoms with Crippen molar-refractivity contribution < 1.29 is 14.3 Å². The van der Waals surface area contributed by atoms with Crippen LogP contribution in [0.3, 0.4) is 0 Å². The number of aryl methyl sites for hydroxylation is 1. The normalized spacial score (nSPS) is 16.3. The SMILES string of the molecule is Cc1ccccc1C(=O)CN1CCN(C(=O)OC(C)(C)C)CC1. The van der Waals surface area contributed by atoms with Crippen molar-refractivity contribution in [3.63, 3.8) is 0 Å². The predicted molar refractivity (Wildman–Crippen MR) is 89.8 cm³/mol. The first kappa shape index (κ1) is 17.5. The summed E-state index contributed by atoms with van der Waals surface area (Å²) in [4.78, 5) is 28.2. The Kier molecular flexibility index (Phi) is 5.42. The fourth-order valence-corrected chi connectivity index (χ4v) is 2.59. The number of piperazine rings is 1. The molecule has 126 valence electrons. The molecule has 0 atom stereocenters. The van der Waals surface area contributed by atoms with E-state index in [0.717, 1.165) is 11.1 Å². The number of carbonyl (C=O) groups is 2. The lowest BCUT2D eigenvalue weighted by molar-refractivity contribution is 0.0149. The standard InChI is InChI=1S/C18H26N2O3/c1-14-7-5-6-8-15(14)16(21)13-19-9-11-20(12-10-19)17(22)23-18(2,3)4/h5-8H,9-13H2,1-4H3. The van der Waals surface area contributed by atoms with Gasteiger partial charge in [0.05, 0.1) is 6.54 Å². The van der Waals surface area contributed by atoms with E-state index in [1.54, 1.807) is 4.90 Å². The summed E-state index contributed by atoms with van der Waals surface area (Å²) in [5.74, 6) is 0.133. The molecule has 0 radical (unpaired) electrons. The number of carbonyl (C=O) groups excluding carboxylic acids is 2. The molecular formula is C18H26N2O3. The molecule has 1 aliphatic rings. The number of hydrogen-bond donors (Lipinski definition) is 0. The highest BCUT2D eigenvalue weighted by Gasteiger charge is 2.26. The second kappa shape index (κ2) is 7.13. The molecule has 1 fully saturated rings. The first-order valence-corrected chi connectivity index (χ1v) is 8.05. The molecule has 0 unspecified atom stereocenters. The topological polar surface area (TPSA) is 49.9 Å². The fraction of sp³-hybridized carbons (Fsp3) is 0.556. The van der Waals surface area contributed by atoms with Gasteiger partial charge in [-0.2, -0.15) is 0 Å². The Bertz CT molecular complexity index is 570. The summed E-state index contributed by atoms with van der Waals surface area (Å²) in [5, 5.41) is 0. The van der Waals surface area contributed by atoms with Gasteiger partial charge < -0.3 is 9.64 Å². The van der Waals surface area contributed by atoms with Crippen molar-refractivity contribution in [3.05, 3.63) is 35.4 Å². The van der Waals surface area contributed by atoms with E-state index in [-0.39, 0.29) is 11.9 Å². The quantitative estimate of drug-likeness (QED) is 0.804. The van der Waals surface area contributed by atoms with Gasteiger partial charge in [0.15, 0.2) is 5.78 Å². The van der Waals surface area contributed by atoms with E-state index in [0.29, 0.717) is 32.7 Å². The Morgan fingerprint density at radius 1 is 1.09 bits per heavy atom. The van der Waals surface area contributed by atoms with Crippen LogP contribution in [-0.4, -0.2) is 60.0 Å². The Morgan fingerprint density at radius 2 is 1.70 bits per heavy atom. The Hall–Kier alpha value is -1.88. The molecule has 0 aromatic heterocycles. The van der Waals surface area contributed by atoms with Gasteiger partial charge in [-0.15, -0.1) is 0 Å². The number of rotatable bonds is 3. The summed E-state index contributed by atoms with van der Waals surface area (Å²) < 4.78 is 5.38. The van der Waals surface area contributed by atoms with Crippen LogP contribution in [-0.2, 0) is 4.74 Å². The third-order valence-electron chi connectivity index (χ3n) is 3.84. The second-order valence-corrected chi connectivity index (χ2v) is 6.98. The molecule has 1 amide bonds. The highest BCUT2D eigenvalue weighted by Crippen LogP contribution is 2.13. The number of benzene rings is 1. The number of nitrogens with zero attached hydrogens (tertiary/aromatic N) is 2. The van der Waals surface area contributed by atoms with Crippen molar-refractivity contribution in [1.82, 2.24) is 9.80 Å². The van der Waals surface area contributed by atoms with Gasteiger partial charge in [0, 0.05) is 31.7 Å². The van der Waals surface area contributed by atoms with Crippen LogP contribution in [0.25, 0.3) is 0 Å². The maximum absolute atomic E-state index is 12.4. The fourth-order valence-electron chi connectivity index (χ4n) is 2.59. The third kappa shape index (κ3) is 5.06. The van der Waals surface area contributed by atoms with E-state index >= 15 is 0 Å². The Balaban J connectivity index is 1.84. The molecule has 0 spiro atoms. The summed E-state index contributed by atoms with van der Waals surface area (Å²) in [6.45, 7) is 10.5. The number of hydrogen-bond acceptors (Lipinski definition) is 4. The second-order valence-electron chi connectivity index (χ2n) is 6.98. The Morgan fingerprint density at radius 3 is 2.26 bits per heavy atom. The summed E-state index contributed by atoms with van der Waals surface area (Å²) in [7, 11) is 0. The lowest BCUT2D eigenvalue weighted by atomic mass is 10.0. The largest absolute Gasteiger partial charge is 0.444 e. The first-order chi connectivity index (χ1) is 10.8.